The van der Waals surface area contributed by atoms with Crippen LogP contribution in [0.2, 0.25) is 10.0 Å². The van der Waals surface area contributed by atoms with E-state index in [0.29, 0.717) is 11.3 Å². The Bertz CT molecular complexity index is 1020. The molecular weight excluding hydrogens is 404 g/mol. The number of benzene rings is 2. The van der Waals surface area contributed by atoms with Gasteiger partial charge in [-0.3, -0.25) is 4.98 Å². The second kappa shape index (κ2) is 7.62. The van der Waals surface area contributed by atoms with Crippen LogP contribution in [0.4, 0.5) is 13.2 Å². The minimum Gasteiger partial charge on any atom is -0.439 e. The summed E-state index contributed by atoms with van der Waals surface area (Å²) in [5, 5.41) is -0.197. The van der Waals surface area contributed by atoms with E-state index in [2.05, 4.69) is 9.97 Å². The normalized spacial score (nSPS) is 11.4. The first-order valence-electron chi connectivity index (χ1n) is 7.59. The van der Waals surface area contributed by atoms with Crippen molar-refractivity contribution < 1.29 is 17.9 Å². The van der Waals surface area contributed by atoms with Crippen LogP contribution >= 0.6 is 23.2 Å². The Kier molecular flexibility index (Phi) is 5.43. The summed E-state index contributed by atoms with van der Waals surface area (Å²) in [5.74, 6) is 0.450. The molecule has 9 heteroatoms. The number of hydrogen-bond acceptors (Lipinski definition) is 3. The first kappa shape index (κ1) is 19.3. The van der Waals surface area contributed by atoms with Crippen molar-refractivity contribution in [1.29, 1.82) is 0 Å². The van der Waals surface area contributed by atoms with E-state index in [1.165, 1.54) is 12.3 Å². The molecule has 0 saturated carbocycles. The molecule has 3 aromatic rings. The first-order valence-corrected chi connectivity index (χ1v) is 8.35. The average molecular weight is 415 g/mol. The van der Waals surface area contributed by atoms with Crippen molar-refractivity contribution in [2.75, 3.05) is 0 Å². The summed E-state index contributed by atoms with van der Waals surface area (Å²) in [6.07, 6.45) is -3.05. The SMILES string of the molecule is O=c1ncc(Cl)c(Oc2ccc(Cc3ccc(Cl)c(C(F)(F)F)c3)cc2)[nH]1. The van der Waals surface area contributed by atoms with Crippen molar-refractivity contribution in [3.05, 3.63) is 85.9 Å². The number of rotatable bonds is 4. The Morgan fingerprint density at radius 2 is 1.67 bits per heavy atom. The summed E-state index contributed by atoms with van der Waals surface area (Å²) < 4.78 is 44.3. The first-order chi connectivity index (χ1) is 12.7. The molecule has 0 saturated heterocycles. The fourth-order valence-electron chi connectivity index (χ4n) is 2.37. The number of ether oxygens (including phenoxy) is 1. The smallest absolute Gasteiger partial charge is 0.417 e. The van der Waals surface area contributed by atoms with Crippen molar-refractivity contribution in [1.82, 2.24) is 9.97 Å². The van der Waals surface area contributed by atoms with Gasteiger partial charge in [-0.05, 0) is 41.8 Å². The van der Waals surface area contributed by atoms with Crippen molar-refractivity contribution in [3.8, 4) is 11.6 Å². The van der Waals surface area contributed by atoms with Gasteiger partial charge in [0.1, 0.15) is 10.8 Å². The topological polar surface area (TPSA) is 55.0 Å². The summed E-state index contributed by atoms with van der Waals surface area (Å²) >= 11 is 11.5. The predicted octanol–water partition coefficient (Wildman–Crippen LogP) is 5.48. The molecule has 1 N–H and O–H groups in total. The highest BCUT2D eigenvalue weighted by molar-refractivity contribution is 6.31. The summed E-state index contributed by atoms with van der Waals surface area (Å²) in [4.78, 5) is 17.0. The van der Waals surface area contributed by atoms with Crippen LogP contribution in [-0.2, 0) is 12.6 Å². The maximum absolute atomic E-state index is 12.9. The molecule has 0 aliphatic heterocycles. The molecule has 1 heterocycles. The maximum Gasteiger partial charge on any atom is 0.417 e. The monoisotopic (exact) mass is 414 g/mol. The van der Waals surface area contributed by atoms with Crippen LogP contribution in [0.15, 0.2) is 53.5 Å². The molecular formula is C18H11Cl2F3N2O2. The van der Waals surface area contributed by atoms with Gasteiger partial charge in [-0.25, -0.2) is 4.79 Å². The molecule has 0 unspecified atom stereocenters. The van der Waals surface area contributed by atoms with Crippen LogP contribution in [0.1, 0.15) is 16.7 Å². The van der Waals surface area contributed by atoms with E-state index in [4.69, 9.17) is 27.9 Å². The Morgan fingerprint density at radius 3 is 2.33 bits per heavy atom. The van der Waals surface area contributed by atoms with Crippen LogP contribution in [0, 0.1) is 0 Å². The Balaban J connectivity index is 1.76. The summed E-state index contributed by atoms with van der Waals surface area (Å²) in [6, 6.07) is 10.4. The van der Waals surface area contributed by atoms with Gasteiger partial charge in [-0.1, -0.05) is 41.4 Å². The van der Waals surface area contributed by atoms with Gasteiger partial charge in [-0.15, -0.1) is 0 Å². The van der Waals surface area contributed by atoms with Gasteiger partial charge < -0.3 is 4.74 Å². The van der Waals surface area contributed by atoms with Crippen LogP contribution in [0.3, 0.4) is 0 Å². The third-order valence-electron chi connectivity index (χ3n) is 3.62. The highest BCUT2D eigenvalue weighted by Gasteiger charge is 2.33. The standard InChI is InChI=1S/C18H11Cl2F3N2O2/c19-14-6-3-11(8-13(14)18(21,22)23)7-10-1-4-12(5-2-10)27-16-15(20)9-24-17(26)25-16/h1-6,8-9H,7H2,(H,24,25,26). The van der Waals surface area contributed by atoms with E-state index in [-0.39, 0.29) is 22.3 Å². The molecule has 0 atom stereocenters. The molecule has 2 aromatic carbocycles. The Hall–Kier alpha value is -2.51. The molecule has 0 bridgehead atoms. The van der Waals surface area contributed by atoms with Gasteiger partial charge in [0.25, 0.3) is 0 Å². The van der Waals surface area contributed by atoms with Crippen LogP contribution < -0.4 is 10.4 Å². The van der Waals surface area contributed by atoms with Gasteiger partial charge in [-0.2, -0.15) is 18.2 Å². The molecule has 0 radical (unpaired) electrons. The Labute approximate surface area is 161 Å². The van der Waals surface area contributed by atoms with Gasteiger partial charge in [0.15, 0.2) is 0 Å². The number of aromatic amines is 1. The van der Waals surface area contributed by atoms with E-state index in [1.54, 1.807) is 30.3 Å². The highest BCUT2D eigenvalue weighted by Crippen LogP contribution is 2.35. The van der Waals surface area contributed by atoms with Crippen molar-refractivity contribution in [2.24, 2.45) is 0 Å². The predicted molar refractivity (Wildman–Crippen MR) is 95.6 cm³/mol. The number of hydrogen-bond donors (Lipinski definition) is 1. The van der Waals surface area contributed by atoms with E-state index in [9.17, 15) is 18.0 Å². The van der Waals surface area contributed by atoms with Crippen molar-refractivity contribution >= 4 is 23.2 Å². The minimum absolute atomic E-state index is 0.0527. The number of aromatic nitrogens is 2. The quantitative estimate of drug-likeness (QED) is 0.614. The molecule has 4 nitrogen and oxygen atoms in total. The second-order valence-electron chi connectivity index (χ2n) is 5.60. The zero-order valence-corrected chi connectivity index (χ0v) is 15.0. The molecule has 0 spiro atoms. The van der Waals surface area contributed by atoms with Crippen molar-refractivity contribution in [2.45, 2.75) is 12.6 Å². The number of halogens is 5. The largest absolute Gasteiger partial charge is 0.439 e. The summed E-state index contributed by atoms with van der Waals surface area (Å²) in [6.45, 7) is 0. The van der Waals surface area contributed by atoms with E-state index in [1.807, 2.05) is 0 Å². The number of nitrogens with one attached hydrogen (secondary N) is 1. The lowest BCUT2D eigenvalue weighted by atomic mass is 10.0. The minimum atomic E-state index is -4.51. The zero-order chi connectivity index (χ0) is 19.6. The Morgan fingerprint density at radius 1 is 1.00 bits per heavy atom. The summed E-state index contributed by atoms with van der Waals surface area (Å²) in [7, 11) is 0. The van der Waals surface area contributed by atoms with E-state index >= 15 is 0 Å². The molecule has 0 aliphatic carbocycles. The lowest BCUT2D eigenvalue weighted by molar-refractivity contribution is -0.137. The van der Waals surface area contributed by atoms with Crippen LogP contribution in [0.5, 0.6) is 11.6 Å². The van der Waals surface area contributed by atoms with Gasteiger partial charge in [0.2, 0.25) is 5.88 Å². The number of H-pyrrole nitrogens is 1. The molecule has 140 valence electrons. The van der Waals surface area contributed by atoms with Crippen LogP contribution in [0.25, 0.3) is 0 Å². The van der Waals surface area contributed by atoms with Gasteiger partial charge in [0.05, 0.1) is 16.8 Å². The zero-order valence-electron chi connectivity index (χ0n) is 13.5. The lowest BCUT2D eigenvalue weighted by Crippen LogP contribution is -2.10. The second-order valence-corrected chi connectivity index (χ2v) is 6.41. The summed E-state index contributed by atoms with van der Waals surface area (Å²) in [5.41, 5.74) is -0.221. The molecule has 0 aliphatic rings. The maximum atomic E-state index is 12.9. The van der Waals surface area contributed by atoms with E-state index < -0.39 is 17.4 Å². The molecule has 0 amide bonds. The van der Waals surface area contributed by atoms with Crippen molar-refractivity contribution in [3.63, 3.8) is 0 Å². The van der Waals surface area contributed by atoms with Gasteiger partial charge in [0, 0.05) is 0 Å². The lowest BCUT2D eigenvalue weighted by Gasteiger charge is -2.11. The fraction of sp³-hybridized carbons (Fsp3) is 0.111. The van der Waals surface area contributed by atoms with Crippen LogP contribution in [-0.4, -0.2) is 9.97 Å². The molecule has 1 aromatic heterocycles. The molecule has 27 heavy (non-hydrogen) atoms. The van der Waals surface area contributed by atoms with Gasteiger partial charge >= 0.3 is 11.9 Å². The molecule has 3 rings (SSSR count). The number of alkyl halides is 3. The third-order valence-corrected chi connectivity index (χ3v) is 4.22. The third kappa shape index (κ3) is 4.81. The fourth-order valence-corrected chi connectivity index (χ4v) is 2.73. The average Bonchev–Trinajstić information content (AvgIpc) is 2.60. The van der Waals surface area contributed by atoms with E-state index in [0.717, 1.165) is 11.6 Å². The highest BCUT2D eigenvalue weighted by atomic mass is 35.5. The molecule has 0 fully saturated rings. The number of nitrogens with zero attached hydrogens (tertiary/aromatic N) is 1.